The number of nitrogens with zero attached hydrogens (tertiary/aromatic N) is 1. The molecular formula is C9H19NO2. The summed E-state index contributed by atoms with van der Waals surface area (Å²) in [5.41, 5.74) is 0. The molecule has 0 bridgehead atoms. The topological polar surface area (TPSA) is 43.7 Å². The molecule has 12 heavy (non-hydrogen) atoms. The molecule has 0 amide bonds. The van der Waals surface area contributed by atoms with Crippen LogP contribution in [0.2, 0.25) is 0 Å². The van der Waals surface area contributed by atoms with Crippen LogP contribution in [0.25, 0.3) is 0 Å². The molecule has 0 spiro atoms. The molecule has 2 atom stereocenters. The van der Waals surface area contributed by atoms with Crippen LogP contribution in [0.4, 0.5) is 0 Å². The number of likely N-dealkylation sites (tertiary alicyclic amines) is 1. The normalized spacial score (nSPS) is 28.8. The van der Waals surface area contributed by atoms with Gasteiger partial charge in [0.25, 0.3) is 0 Å². The third-order valence-electron chi connectivity index (χ3n) is 2.46. The summed E-state index contributed by atoms with van der Waals surface area (Å²) in [4.78, 5) is 2.19. The van der Waals surface area contributed by atoms with E-state index in [2.05, 4.69) is 4.90 Å². The van der Waals surface area contributed by atoms with Crippen LogP contribution in [0.1, 0.15) is 26.2 Å². The Hall–Kier alpha value is -0.120. The summed E-state index contributed by atoms with van der Waals surface area (Å²) < 4.78 is 0. The van der Waals surface area contributed by atoms with E-state index in [1.807, 2.05) is 0 Å². The number of hydrogen-bond donors (Lipinski definition) is 2. The minimum Gasteiger partial charge on any atom is -0.395 e. The zero-order valence-electron chi connectivity index (χ0n) is 7.74. The van der Waals surface area contributed by atoms with E-state index in [0.29, 0.717) is 6.54 Å². The molecule has 1 aliphatic rings. The molecule has 0 radical (unpaired) electrons. The van der Waals surface area contributed by atoms with Gasteiger partial charge in [0.15, 0.2) is 0 Å². The fourth-order valence-electron chi connectivity index (χ4n) is 1.85. The first kappa shape index (κ1) is 9.96. The Balaban J connectivity index is 2.36. The first-order chi connectivity index (χ1) is 5.74. The summed E-state index contributed by atoms with van der Waals surface area (Å²) in [6.07, 6.45) is 3.20. The second kappa shape index (κ2) is 4.80. The Bertz CT molecular complexity index is 128. The van der Waals surface area contributed by atoms with Crippen LogP contribution in [0.5, 0.6) is 0 Å². The van der Waals surface area contributed by atoms with Crippen LogP contribution in [-0.2, 0) is 0 Å². The van der Waals surface area contributed by atoms with Gasteiger partial charge in [0, 0.05) is 12.6 Å². The molecule has 0 aromatic carbocycles. The minimum atomic E-state index is -0.280. The Labute approximate surface area is 74.0 Å². The van der Waals surface area contributed by atoms with Crippen molar-refractivity contribution in [3.05, 3.63) is 0 Å². The van der Waals surface area contributed by atoms with E-state index < -0.39 is 0 Å². The van der Waals surface area contributed by atoms with Crippen molar-refractivity contribution >= 4 is 0 Å². The summed E-state index contributed by atoms with van der Waals surface area (Å²) in [6, 6.07) is 0.286. The molecule has 1 aliphatic heterocycles. The molecule has 0 aromatic rings. The third kappa shape index (κ3) is 2.73. The Morgan fingerprint density at radius 3 is 2.83 bits per heavy atom. The van der Waals surface area contributed by atoms with Crippen molar-refractivity contribution in [3.63, 3.8) is 0 Å². The van der Waals surface area contributed by atoms with Crippen molar-refractivity contribution in [2.75, 3.05) is 19.7 Å². The molecule has 72 valence electrons. The molecule has 3 heteroatoms. The highest BCUT2D eigenvalue weighted by Gasteiger charge is 2.21. The zero-order valence-corrected chi connectivity index (χ0v) is 7.74. The van der Waals surface area contributed by atoms with E-state index in [4.69, 9.17) is 5.11 Å². The zero-order chi connectivity index (χ0) is 8.97. The number of β-amino-alcohol motifs (C(OH)–C–C–N with tert-alkyl or cyclic N) is 1. The molecule has 0 saturated carbocycles. The first-order valence-corrected chi connectivity index (χ1v) is 4.77. The van der Waals surface area contributed by atoms with Crippen molar-refractivity contribution in [3.8, 4) is 0 Å². The van der Waals surface area contributed by atoms with Gasteiger partial charge >= 0.3 is 0 Å². The average Bonchev–Trinajstić information content (AvgIpc) is 2.04. The van der Waals surface area contributed by atoms with Crippen LogP contribution in [-0.4, -0.2) is 47.0 Å². The molecule has 2 N–H and O–H groups in total. The van der Waals surface area contributed by atoms with E-state index in [1.165, 1.54) is 12.8 Å². The fourth-order valence-corrected chi connectivity index (χ4v) is 1.85. The van der Waals surface area contributed by atoms with E-state index >= 15 is 0 Å². The second-order valence-corrected chi connectivity index (χ2v) is 3.68. The van der Waals surface area contributed by atoms with E-state index in [0.717, 1.165) is 13.0 Å². The molecule has 0 aromatic heterocycles. The molecule has 2 unspecified atom stereocenters. The quantitative estimate of drug-likeness (QED) is 0.641. The van der Waals surface area contributed by atoms with E-state index in [9.17, 15) is 5.11 Å². The highest BCUT2D eigenvalue weighted by Crippen LogP contribution is 2.16. The van der Waals surface area contributed by atoms with Crippen LogP contribution in [0.3, 0.4) is 0 Å². The first-order valence-electron chi connectivity index (χ1n) is 4.77. The SMILES string of the molecule is CC(O)CN1CCCCC1CO. The van der Waals surface area contributed by atoms with E-state index in [-0.39, 0.29) is 18.8 Å². The molecule has 1 rings (SSSR count). The molecule has 1 saturated heterocycles. The lowest BCUT2D eigenvalue weighted by atomic mass is 10.0. The van der Waals surface area contributed by atoms with Gasteiger partial charge in [-0.25, -0.2) is 0 Å². The molecule has 1 heterocycles. The van der Waals surface area contributed by atoms with Gasteiger partial charge in [0.1, 0.15) is 0 Å². The van der Waals surface area contributed by atoms with Gasteiger partial charge in [-0.2, -0.15) is 0 Å². The number of piperidine rings is 1. The van der Waals surface area contributed by atoms with Gasteiger partial charge in [0.05, 0.1) is 12.7 Å². The molecule has 3 nitrogen and oxygen atoms in total. The third-order valence-corrected chi connectivity index (χ3v) is 2.46. The predicted molar refractivity (Wildman–Crippen MR) is 48.0 cm³/mol. The summed E-state index contributed by atoms with van der Waals surface area (Å²) in [7, 11) is 0. The number of aliphatic hydroxyl groups is 2. The fraction of sp³-hybridized carbons (Fsp3) is 1.00. The highest BCUT2D eigenvalue weighted by atomic mass is 16.3. The second-order valence-electron chi connectivity index (χ2n) is 3.68. The van der Waals surface area contributed by atoms with Crippen molar-refractivity contribution < 1.29 is 10.2 Å². The Morgan fingerprint density at radius 2 is 2.25 bits per heavy atom. The monoisotopic (exact) mass is 173 g/mol. The van der Waals surface area contributed by atoms with Crippen LogP contribution in [0, 0.1) is 0 Å². The Morgan fingerprint density at radius 1 is 1.50 bits per heavy atom. The van der Waals surface area contributed by atoms with E-state index in [1.54, 1.807) is 6.92 Å². The number of aliphatic hydroxyl groups excluding tert-OH is 2. The highest BCUT2D eigenvalue weighted by molar-refractivity contribution is 4.77. The largest absolute Gasteiger partial charge is 0.395 e. The van der Waals surface area contributed by atoms with Gasteiger partial charge in [-0.1, -0.05) is 6.42 Å². The maximum absolute atomic E-state index is 9.19. The lowest BCUT2D eigenvalue weighted by molar-refractivity contribution is 0.0484. The maximum atomic E-state index is 9.19. The van der Waals surface area contributed by atoms with Gasteiger partial charge in [0.2, 0.25) is 0 Å². The van der Waals surface area contributed by atoms with Crippen LogP contribution >= 0.6 is 0 Å². The molecule has 1 fully saturated rings. The number of hydrogen-bond acceptors (Lipinski definition) is 3. The van der Waals surface area contributed by atoms with Crippen molar-refractivity contribution in [1.29, 1.82) is 0 Å². The smallest absolute Gasteiger partial charge is 0.0639 e. The lowest BCUT2D eigenvalue weighted by Gasteiger charge is -2.35. The molecule has 0 aliphatic carbocycles. The minimum absolute atomic E-state index is 0.229. The lowest BCUT2D eigenvalue weighted by Crippen LogP contribution is -2.44. The standard InChI is InChI=1S/C9H19NO2/c1-8(12)6-10-5-3-2-4-9(10)7-11/h8-9,11-12H,2-7H2,1H3. The summed E-state index contributed by atoms with van der Waals surface area (Å²) >= 11 is 0. The van der Waals surface area contributed by atoms with Crippen molar-refractivity contribution in [2.45, 2.75) is 38.3 Å². The van der Waals surface area contributed by atoms with Gasteiger partial charge in [-0.05, 0) is 26.3 Å². The summed E-state index contributed by atoms with van der Waals surface area (Å²) in [5, 5.41) is 18.2. The van der Waals surface area contributed by atoms with Gasteiger partial charge in [-0.3, -0.25) is 4.90 Å². The van der Waals surface area contributed by atoms with Crippen molar-refractivity contribution in [1.82, 2.24) is 4.90 Å². The van der Waals surface area contributed by atoms with Crippen LogP contribution < -0.4 is 0 Å². The van der Waals surface area contributed by atoms with Gasteiger partial charge < -0.3 is 10.2 Å². The maximum Gasteiger partial charge on any atom is 0.0639 e. The van der Waals surface area contributed by atoms with Gasteiger partial charge in [-0.15, -0.1) is 0 Å². The predicted octanol–water partition coefficient (Wildman–Crippen LogP) is 0.214. The number of rotatable bonds is 3. The van der Waals surface area contributed by atoms with Crippen LogP contribution in [0.15, 0.2) is 0 Å². The molecular weight excluding hydrogens is 154 g/mol. The summed E-state index contributed by atoms with van der Waals surface area (Å²) in [5.74, 6) is 0. The average molecular weight is 173 g/mol. The summed E-state index contributed by atoms with van der Waals surface area (Å²) in [6.45, 7) is 3.75. The van der Waals surface area contributed by atoms with Crippen molar-refractivity contribution in [2.24, 2.45) is 0 Å². The Kier molecular flexibility index (Phi) is 3.98.